The van der Waals surface area contributed by atoms with Crippen molar-refractivity contribution in [3.63, 3.8) is 0 Å². The van der Waals surface area contributed by atoms with Crippen LogP contribution in [0.3, 0.4) is 0 Å². The van der Waals surface area contributed by atoms with Gasteiger partial charge in [0, 0.05) is 17.8 Å². The molecule has 1 aliphatic heterocycles. The Balaban J connectivity index is 1.51. The first-order chi connectivity index (χ1) is 13.2. The highest BCUT2D eigenvalue weighted by atomic mass is 16.7. The van der Waals surface area contributed by atoms with Crippen molar-refractivity contribution in [1.82, 2.24) is 9.97 Å². The van der Waals surface area contributed by atoms with Crippen molar-refractivity contribution in [2.24, 2.45) is 0 Å². The molecule has 4 rings (SSSR count). The van der Waals surface area contributed by atoms with Gasteiger partial charge < -0.3 is 24.8 Å². The molecule has 2 heterocycles. The van der Waals surface area contributed by atoms with Gasteiger partial charge in [-0.1, -0.05) is 12.1 Å². The molecule has 0 amide bonds. The summed E-state index contributed by atoms with van der Waals surface area (Å²) in [7, 11) is 0. The highest BCUT2D eigenvalue weighted by molar-refractivity contribution is 5.68. The Morgan fingerprint density at radius 3 is 2.56 bits per heavy atom. The Bertz CT molecular complexity index is 946. The lowest BCUT2D eigenvalue weighted by molar-refractivity contribution is 0.174. The first kappa shape index (κ1) is 17.0. The van der Waals surface area contributed by atoms with Crippen LogP contribution in [0.25, 0.3) is 0 Å². The van der Waals surface area contributed by atoms with Crippen molar-refractivity contribution < 1.29 is 14.2 Å². The van der Waals surface area contributed by atoms with E-state index in [1.54, 1.807) is 0 Å². The Hall–Kier alpha value is -3.48. The second-order valence-corrected chi connectivity index (χ2v) is 6.27. The number of nitrogens with zero attached hydrogens (tertiary/aromatic N) is 2. The molecule has 138 valence electrons. The van der Waals surface area contributed by atoms with E-state index in [1.807, 2.05) is 62.4 Å². The number of anilines is 4. The molecule has 0 bridgehead atoms. The van der Waals surface area contributed by atoms with Gasteiger partial charge in [-0.05, 0) is 38.1 Å². The Labute approximate surface area is 157 Å². The first-order valence-corrected chi connectivity index (χ1v) is 8.69. The molecule has 0 aliphatic carbocycles. The van der Waals surface area contributed by atoms with E-state index in [4.69, 9.17) is 14.2 Å². The zero-order chi connectivity index (χ0) is 18.6. The molecule has 0 atom stereocenters. The number of fused-ring (bicyclic) bond motifs is 1. The summed E-state index contributed by atoms with van der Waals surface area (Å²) < 4.78 is 16.6. The van der Waals surface area contributed by atoms with Crippen LogP contribution in [0.2, 0.25) is 0 Å². The van der Waals surface area contributed by atoms with Crippen molar-refractivity contribution in [3.8, 4) is 17.2 Å². The zero-order valence-corrected chi connectivity index (χ0v) is 15.1. The monoisotopic (exact) mass is 364 g/mol. The highest BCUT2D eigenvalue weighted by Crippen LogP contribution is 2.35. The number of para-hydroxylation sites is 2. The van der Waals surface area contributed by atoms with E-state index >= 15 is 0 Å². The minimum Gasteiger partial charge on any atom is -0.489 e. The van der Waals surface area contributed by atoms with Crippen molar-refractivity contribution >= 4 is 23.0 Å². The molecule has 0 radical (unpaired) electrons. The summed E-state index contributed by atoms with van der Waals surface area (Å²) in [5.41, 5.74) is 1.70. The molecule has 3 aromatic rings. The molecule has 0 fully saturated rings. The molecule has 0 saturated heterocycles. The largest absolute Gasteiger partial charge is 0.489 e. The third kappa shape index (κ3) is 4.03. The second-order valence-electron chi connectivity index (χ2n) is 6.27. The molecular formula is C20H20N4O3. The number of ether oxygens (including phenoxy) is 3. The van der Waals surface area contributed by atoms with Gasteiger partial charge in [-0.15, -0.1) is 0 Å². The number of rotatable bonds is 6. The van der Waals surface area contributed by atoms with Gasteiger partial charge in [0.1, 0.15) is 23.7 Å². The molecule has 2 N–H and O–H groups in total. The normalized spacial score (nSPS) is 12.1. The van der Waals surface area contributed by atoms with E-state index in [2.05, 4.69) is 20.6 Å². The maximum Gasteiger partial charge on any atom is 0.231 e. The summed E-state index contributed by atoms with van der Waals surface area (Å²) in [5.74, 6) is 3.55. The van der Waals surface area contributed by atoms with Gasteiger partial charge in [0.05, 0.1) is 11.8 Å². The standard InChI is InChI=1S/C20H20N4O3/c1-13(2)27-16-6-4-3-5-15(16)24-20-10-19(21-11-22-20)23-14-7-8-17-18(9-14)26-12-25-17/h3-11,13H,12H2,1-2H3,(H2,21,22,23,24). The summed E-state index contributed by atoms with van der Waals surface area (Å²) in [6, 6.07) is 15.2. The lowest BCUT2D eigenvalue weighted by Gasteiger charge is -2.15. The average Bonchev–Trinajstić information content (AvgIpc) is 3.11. The van der Waals surface area contributed by atoms with Crippen LogP contribution in [0.4, 0.5) is 23.0 Å². The molecule has 1 aliphatic rings. The van der Waals surface area contributed by atoms with Gasteiger partial charge in [-0.3, -0.25) is 0 Å². The smallest absolute Gasteiger partial charge is 0.231 e. The molecular weight excluding hydrogens is 344 g/mol. The van der Waals surface area contributed by atoms with Crippen LogP contribution < -0.4 is 24.8 Å². The number of aromatic nitrogens is 2. The lowest BCUT2D eigenvalue weighted by atomic mass is 10.2. The first-order valence-electron chi connectivity index (χ1n) is 8.69. The van der Waals surface area contributed by atoms with E-state index in [1.165, 1.54) is 6.33 Å². The van der Waals surface area contributed by atoms with Gasteiger partial charge in [0.15, 0.2) is 11.5 Å². The Morgan fingerprint density at radius 2 is 1.70 bits per heavy atom. The molecule has 2 aromatic carbocycles. The molecule has 0 spiro atoms. The minimum absolute atomic E-state index is 0.0848. The van der Waals surface area contributed by atoms with Crippen molar-refractivity contribution in [3.05, 3.63) is 54.9 Å². The van der Waals surface area contributed by atoms with E-state index in [9.17, 15) is 0 Å². The van der Waals surface area contributed by atoms with Crippen molar-refractivity contribution in [1.29, 1.82) is 0 Å². The SMILES string of the molecule is CC(C)Oc1ccccc1Nc1cc(Nc2ccc3c(c2)OCO3)ncn1. The summed E-state index contributed by atoms with van der Waals surface area (Å²) in [5, 5.41) is 6.53. The van der Waals surface area contributed by atoms with E-state index in [0.29, 0.717) is 17.4 Å². The Kier molecular flexibility index (Phi) is 4.65. The predicted molar refractivity (Wildman–Crippen MR) is 103 cm³/mol. The predicted octanol–water partition coefficient (Wildman–Crippen LogP) is 4.48. The van der Waals surface area contributed by atoms with Gasteiger partial charge in [-0.2, -0.15) is 0 Å². The highest BCUT2D eigenvalue weighted by Gasteiger charge is 2.13. The fourth-order valence-corrected chi connectivity index (χ4v) is 2.68. The van der Waals surface area contributed by atoms with Gasteiger partial charge in [0.2, 0.25) is 6.79 Å². The fraction of sp³-hybridized carbons (Fsp3) is 0.200. The molecule has 27 heavy (non-hydrogen) atoms. The van der Waals surface area contributed by atoms with Crippen LogP contribution >= 0.6 is 0 Å². The summed E-state index contributed by atoms with van der Waals surface area (Å²) in [4.78, 5) is 8.57. The van der Waals surface area contributed by atoms with Crippen molar-refractivity contribution in [2.45, 2.75) is 20.0 Å². The number of nitrogens with one attached hydrogen (secondary N) is 2. The van der Waals surface area contributed by atoms with E-state index in [0.717, 1.165) is 22.9 Å². The zero-order valence-electron chi connectivity index (χ0n) is 15.1. The molecule has 7 heteroatoms. The molecule has 0 saturated carbocycles. The van der Waals surface area contributed by atoms with Crippen LogP contribution in [0.15, 0.2) is 54.9 Å². The third-order valence-electron chi connectivity index (χ3n) is 3.82. The quantitative estimate of drug-likeness (QED) is 0.668. The van der Waals surface area contributed by atoms with Gasteiger partial charge in [0.25, 0.3) is 0 Å². The Morgan fingerprint density at radius 1 is 0.926 bits per heavy atom. The summed E-state index contributed by atoms with van der Waals surface area (Å²) in [6.07, 6.45) is 1.59. The van der Waals surface area contributed by atoms with E-state index < -0.39 is 0 Å². The lowest BCUT2D eigenvalue weighted by Crippen LogP contribution is -2.07. The van der Waals surface area contributed by atoms with Gasteiger partial charge >= 0.3 is 0 Å². The molecule has 7 nitrogen and oxygen atoms in total. The third-order valence-corrected chi connectivity index (χ3v) is 3.82. The maximum atomic E-state index is 5.84. The number of hydrogen-bond acceptors (Lipinski definition) is 7. The topological polar surface area (TPSA) is 77.5 Å². The van der Waals surface area contributed by atoms with Crippen LogP contribution in [-0.4, -0.2) is 22.9 Å². The van der Waals surface area contributed by atoms with Crippen LogP contribution in [0.5, 0.6) is 17.2 Å². The number of hydrogen-bond donors (Lipinski definition) is 2. The molecule has 1 aromatic heterocycles. The van der Waals surface area contributed by atoms with Crippen LogP contribution in [0, 0.1) is 0 Å². The van der Waals surface area contributed by atoms with E-state index in [-0.39, 0.29) is 12.9 Å². The average molecular weight is 364 g/mol. The van der Waals surface area contributed by atoms with Crippen molar-refractivity contribution in [2.75, 3.05) is 17.4 Å². The molecule has 0 unspecified atom stereocenters. The minimum atomic E-state index is 0.0848. The number of benzene rings is 2. The summed E-state index contributed by atoms with van der Waals surface area (Å²) in [6.45, 7) is 4.24. The summed E-state index contributed by atoms with van der Waals surface area (Å²) >= 11 is 0. The van der Waals surface area contributed by atoms with Crippen LogP contribution in [0.1, 0.15) is 13.8 Å². The fourth-order valence-electron chi connectivity index (χ4n) is 2.68. The van der Waals surface area contributed by atoms with Crippen LogP contribution in [-0.2, 0) is 0 Å². The maximum absolute atomic E-state index is 5.84. The second kappa shape index (κ2) is 7.41. The van der Waals surface area contributed by atoms with Gasteiger partial charge in [-0.25, -0.2) is 9.97 Å².